The highest BCUT2D eigenvalue weighted by Gasteiger charge is 2.24. The molecule has 1 aliphatic heterocycles. The third kappa shape index (κ3) is 2.65. The Morgan fingerprint density at radius 1 is 0.850 bits per heavy atom. The van der Waals surface area contributed by atoms with Crippen LogP contribution in [0.3, 0.4) is 0 Å². The van der Waals surface area contributed by atoms with Gasteiger partial charge in [0.25, 0.3) is 11.1 Å². The van der Waals surface area contributed by atoms with E-state index in [-0.39, 0.29) is 11.1 Å². The number of nitrogens with one attached hydrogen (secondary N) is 1. The van der Waals surface area contributed by atoms with Crippen LogP contribution in [0.15, 0.2) is 59.5 Å². The fourth-order valence-electron chi connectivity index (χ4n) is 1.97. The lowest BCUT2D eigenvalue weighted by atomic mass is 10.0. The van der Waals surface area contributed by atoms with Crippen LogP contribution in [0.25, 0.3) is 17.2 Å². The molecule has 20 heavy (non-hydrogen) atoms. The van der Waals surface area contributed by atoms with Gasteiger partial charge in [-0.15, -0.1) is 0 Å². The molecule has 98 valence electrons. The van der Waals surface area contributed by atoms with Crippen molar-refractivity contribution in [3.05, 3.63) is 65.1 Å². The Labute approximate surface area is 120 Å². The topological polar surface area (TPSA) is 46.2 Å². The maximum Gasteiger partial charge on any atom is 0.290 e. The second kappa shape index (κ2) is 5.35. The third-order valence-electron chi connectivity index (χ3n) is 2.96. The lowest BCUT2D eigenvalue weighted by Gasteiger charge is -2.02. The molecule has 3 nitrogen and oxygen atoms in total. The van der Waals surface area contributed by atoms with Crippen LogP contribution < -0.4 is 5.32 Å². The Kier molecular flexibility index (Phi) is 3.39. The second-order valence-corrected chi connectivity index (χ2v) is 5.36. The standard InChI is InChI=1S/C16H11NO2S/c18-15-14(20-16(19)17-15)10-11-6-8-13(9-7-11)12-4-2-1-3-5-12/h1-10H,(H,17,18,19)/b14-10+. The van der Waals surface area contributed by atoms with Crippen LogP contribution in [-0.2, 0) is 4.79 Å². The Hall–Kier alpha value is -2.33. The third-order valence-corrected chi connectivity index (χ3v) is 3.77. The number of carbonyl (C=O) groups is 2. The predicted molar refractivity (Wildman–Crippen MR) is 81.0 cm³/mol. The lowest BCUT2D eigenvalue weighted by molar-refractivity contribution is -0.115. The summed E-state index contributed by atoms with van der Waals surface area (Å²) in [4.78, 5) is 23.0. The van der Waals surface area contributed by atoms with Gasteiger partial charge in [0.15, 0.2) is 0 Å². The van der Waals surface area contributed by atoms with Crippen LogP contribution in [0, 0.1) is 0 Å². The maximum atomic E-state index is 11.5. The van der Waals surface area contributed by atoms with Crippen molar-refractivity contribution in [1.82, 2.24) is 5.32 Å². The first kappa shape index (κ1) is 12.7. The van der Waals surface area contributed by atoms with E-state index in [9.17, 15) is 9.59 Å². The minimum Gasteiger partial charge on any atom is -0.282 e. The summed E-state index contributed by atoms with van der Waals surface area (Å²) in [5.74, 6) is -0.327. The Morgan fingerprint density at radius 2 is 1.50 bits per heavy atom. The number of rotatable bonds is 2. The quantitative estimate of drug-likeness (QED) is 0.854. The van der Waals surface area contributed by atoms with Crippen molar-refractivity contribution < 1.29 is 9.59 Å². The number of imide groups is 1. The molecule has 1 heterocycles. The van der Waals surface area contributed by atoms with E-state index in [1.54, 1.807) is 6.08 Å². The molecule has 3 rings (SSSR count). The van der Waals surface area contributed by atoms with Gasteiger partial charge >= 0.3 is 0 Å². The zero-order chi connectivity index (χ0) is 13.9. The summed E-state index contributed by atoms with van der Waals surface area (Å²) in [6.07, 6.45) is 1.72. The summed E-state index contributed by atoms with van der Waals surface area (Å²) in [6, 6.07) is 17.9. The minimum atomic E-state index is -0.327. The molecule has 0 aromatic heterocycles. The van der Waals surface area contributed by atoms with Gasteiger partial charge in [-0.2, -0.15) is 0 Å². The van der Waals surface area contributed by atoms with Crippen LogP contribution in [0.1, 0.15) is 5.56 Å². The van der Waals surface area contributed by atoms with Gasteiger partial charge in [0, 0.05) is 0 Å². The number of amides is 2. The van der Waals surface area contributed by atoms with Gasteiger partial charge in [0.2, 0.25) is 0 Å². The lowest BCUT2D eigenvalue weighted by Crippen LogP contribution is -2.17. The van der Waals surface area contributed by atoms with Gasteiger partial charge in [-0.3, -0.25) is 14.9 Å². The molecule has 2 aromatic rings. The fraction of sp³-hybridized carbons (Fsp3) is 0. The highest BCUT2D eigenvalue weighted by Crippen LogP contribution is 2.26. The molecule has 0 bridgehead atoms. The molecule has 0 aliphatic carbocycles. The maximum absolute atomic E-state index is 11.5. The predicted octanol–water partition coefficient (Wildman–Crippen LogP) is 3.68. The SMILES string of the molecule is O=C1NC(=O)/C(=C\c2ccc(-c3ccccc3)cc2)S1. The molecule has 0 radical (unpaired) electrons. The summed E-state index contributed by atoms with van der Waals surface area (Å²) in [7, 11) is 0. The molecule has 1 saturated heterocycles. The molecule has 0 spiro atoms. The molecular weight excluding hydrogens is 270 g/mol. The zero-order valence-corrected chi connectivity index (χ0v) is 11.3. The molecule has 2 amide bonds. The van der Waals surface area contributed by atoms with Crippen LogP contribution >= 0.6 is 11.8 Å². The molecular formula is C16H11NO2S. The molecule has 0 saturated carbocycles. The molecule has 1 N–H and O–H groups in total. The van der Waals surface area contributed by atoms with Crippen molar-refractivity contribution >= 4 is 29.0 Å². The minimum absolute atomic E-state index is 0.317. The largest absolute Gasteiger partial charge is 0.290 e. The van der Waals surface area contributed by atoms with Gasteiger partial charge in [-0.25, -0.2) is 0 Å². The fourth-order valence-corrected chi connectivity index (χ4v) is 2.66. The number of hydrogen-bond donors (Lipinski definition) is 1. The molecule has 1 fully saturated rings. The Morgan fingerprint density at radius 3 is 2.10 bits per heavy atom. The van der Waals surface area contributed by atoms with E-state index in [0.29, 0.717) is 4.91 Å². The van der Waals surface area contributed by atoms with Crippen LogP contribution in [0.5, 0.6) is 0 Å². The normalized spacial score (nSPS) is 16.5. The average molecular weight is 281 g/mol. The van der Waals surface area contributed by atoms with Crippen molar-refractivity contribution in [2.24, 2.45) is 0 Å². The monoisotopic (exact) mass is 281 g/mol. The van der Waals surface area contributed by atoms with E-state index in [0.717, 1.165) is 28.5 Å². The number of hydrogen-bond acceptors (Lipinski definition) is 3. The van der Waals surface area contributed by atoms with Gasteiger partial charge in [0.05, 0.1) is 4.91 Å². The van der Waals surface area contributed by atoms with Crippen molar-refractivity contribution in [3.63, 3.8) is 0 Å². The number of benzene rings is 2. The van der Waals surface area contributed by atoms with E-state index < -0.39 is 0 Å². The van der Waals surface area contributed by atoms with Crippen LogP contribution in [0.4, 0.5) is 4.79 Å². The van der Waals surface area contributed by atoms with E-state index >= 15 is 0 Å². The summed E-state index contributed by atoms with van der Waals surface area (Å²) in [6.45, 7) is 0. The van der Waals surface area contributed by atoms with Gasteiger partial charge < -0.3 is 0 Å². The molecule has 2 aromatic carbocycles. The Balaban J connectivity index is 1.86. The van der Waals surface area contributed by atoms with Gasteiger partial charge in [-0.05, 0) is 34.5 Å². The highest BCUT2D eigenvalue weighted by molar-refractivity contribution is 8.18. The van der Waals surface area contributed by atoms with Crippen LogP contribution in [-0.4, -0.2) is 11.1 Å². The summed E-state index contributed by atoms with van der Waals surface area (Å²) >= 11 is 0.931. The van der Waals surface area contributed by atoms with Crippen molar-refractivity contribution in [3.8, 4) is 11.1 Å². The first-order valence-electron chi connectivity index (χ1n) is 6.13. The molecule has 0 atom stereocenters. The Bertz CT molecular complexity index is 690. The molecule has 0 unspecified atom stereocenters. The highest BCUT2D eigenvalue weighted by atomic mass is 32.2. The van der Waals surface area contributed by atoms with E-state index in [2.05, 4.69) is 5.32 Å². The first-order chi connectivity index (χ1) is 9.72. The summed E-state index contributed by atoms with van der Waals surface area (Å²) in [5, 5.41) is 1.92. The summed E-state index contributed by atoms with van der Waals surface area (Å²) < 4.78 is 0. The first-order valence-corrected chi connectivity index (χ1v) is 6.94. The van der Waals surface area contributed by atoms with Crippen molar-refractivity contribution in [2.45, 2.75) is 0 Å². The second-order valence-electron chi connectivity index (χ2n) is 4.34. The van der Waals surface area contributed by atoms with Crippen molar-refractivity contribution in [1.29, 1.82) is 0 Å². The van der Waals surface area contributed by atoms with E-state index in [1.807, 2.05) is 54.6 Å². The van der Waals surface area contributed by atoms with Gasteiger partial charge in [-0.1, -0.05) is 54.6 Å². The molecule has 1 aliphatic rings. The summed E-state index contributed by atoms with van der Waals surface area (Å²) in [5.41, 5.74) is 3.17. The van der Waals surface area contributed by atoms with E-state index in [4.69, 9.17) is 0 Å². The molecule has 4 heteroatoms. The zero-order valence-electron chi connectivity index (χ0n) is 10.5. The van der Waals surface area contributed by atoms with E-state index in [1.165, 1.54) is 0 Å². The van der Waals surface area contributed by atoms with Crippen LogP contribution in [0.2, 0.25) is 0 Å². The number of carbonyl (C=O) groups excluding carboxylic acids is 2. The van der Waals surface area contributed by atoms with Gasteiger partial charge in [0.1, 0.15) is 0 Å². The average Bonchev–Trinajstić information content (AvgIpc) is 2.79. The smallest absolute Gasteiger partial charge is 0.282 e. The number of thioether (sulfide) groups is 1. The van der Waals surface area contributed by atoms with Crippen molar-refractivity contribution in [2.75, 3.05) is 0 Å².